The van der Waals surface area contributed by atoms with E-state index in [-0.39, 0.29) is 0 Å². The van der Waals surface area contributed by atoms with Crippen LogP contribution in [-0.4, -0.2) is 5.11 Å². The average Bonchev–Trinajstić information content (AvgIpc) is 2.47. The monoisotopic (exact) mass is 266 g/mol. The Morgan fingerprint density at radius 3 is 2.65 bits per heavy atom. The van der Waals surface area contributed by atoms with Gasteiger partial charge in [-0.1, -0.05) is 44.2 Å². The number of phenolic OH excluding ortho intramolecular Hbond substituents is 1. The Balaban J connectivity index is 2.07. The summed E-state index contributed by atoms with van der Waals surface area (Å²) in [6.07, 6.45) is 8.39. The van der Waals surface area contributed by atoms with Gasteiger partial charge in [0.2, 0.25) is 0 Å². The highest BCUT2D eigenvalue weighted by atomic mass is 16.3. The molecule has 1 aliphatic carbocycles. The van der Waals surface area contributed by atoms with Crippen molar-refractivity contribution in [2.75, 3.05) is 0 Å². The molecule has 0 saturated carbocycles. The molecule has 20 heavy (non-hydrogen) atoms. The standard InChI is InChI=1S/C19H22O/c1-13(2)18-11-17-10-15(14-6-4-3-5-7-14)8-9-16(17)12-19(18)20/h4,6,8-14,20H,3,5,7H2,1-2H3. The Hall–Kier alpha value is -1.76. The predicted octanol–water partition coefficient (Wildman–Crippen LogP) is 5.49. The highest BCUT2D eigenvalue weighted by Crippen LogP contribution is 2.34. The third-order valence-corrected chi connectivity index (χ3v) is 4.31. The third-order valence-electron chi connectivity index (χ3n) is 4.31. The maximum atomic E-state index is 10.1. The van der Waals surface area contributed by atoms with Crippen molar-refractivity contribution in [1.82, 2.24) is 0 Å². The van der Waals surface area contributed by atoms with Gasteiger partial charge in [-0.2, -0.15) is 0 Å². The lowest BCUT2D eigenvalue weighted by atomic mass is 9.87. The summed E-state index contributed by atoms with van der Waals surface area (Å²) >= 11 is 0. The molecule has 0 heterocycles. The van der Waals surface area contributed by atoms with E-state index >= 15 is 0 Å². The molecular weight excluding hydrogens is 244 g/mol. The van der Waals surface area contributed by atoms with Crippen molar-refractivity contribution in [3.05, 3.63) is 53.6 Å². The highest BCUT2D eigenvalue weighted by Gasteiger charge is 2.13. The van der Waals surface area contributed by atoms with E-state index in [2.05, 4.69) is 50.3 Å². The van der Waals surface area contributed by atoms with E-state index in [0.717, 1.165) is 10.9 Å². The SMILES string of the molecule is CC(C)c1cc2cc(C3C=CCCC3)ccc2cc1O. The molecule has 0 saturated heterocycles. The van der Waals surface area contributed by atoms with Crippen LogP contribution in [0.2, 0.25) is 0 Å². The van der Waals surface area contributed by atoms with Gasteiger partial charge in [0.15, 0.2) is 0 Å². The predicted molar refractivity (Wildman–Crippen MR) is 85.4 cm³/mol. The van der Waals surface area contributed by atoms with Gasteiger partial charge >= 0.3 is 0 Å². The molecule has 2 aromatic rings. The van der Waals surface area contributed by atoms with E-state index < -0.39 is 0 Å². The van der Waals surface area contributed by atoms with Crippen LogP contribution in [0.15, 0.2) is 42.5 Å². The van der Waals surface area contributed by atoms with Gasteiger partial charge < -0.3 is 5.11 Å². The first-order valence-corrected chi connectivity index (χ1v) is 7.58. The first-order valence-electron chi connectivity index (χ1n) is 7.58. The van der Waals surface area contributed by atoms with Crippen LogP contribution < -0.4 is 0 Å². The maximum absolute atomic E-state index is 10.1. The van der Waals surface area contributed by atoms with Crippen LogP contribution in [0.1, 0.15) is 56.1 Å². The minimum atomic E-state index is 0.345. The average molecular weight is 266 g/mol. The molecule has 0 fully saturated rings. The molecule has 1 nitrogen and oxygen atoms in total. The number of benzene rings is 2. The molecule has 0 radical (unpaired) electrons. The summed E-state index contributed by atoms with van der Waals surface area (Å²) in [6.45, 7) is 4.24. The van der Waals surface area contributed by atoms with Crippen molar-refractivity contribution in [2.45, 2.75) is 44.9 Å². The summed E-state index contributed by atoms with van der Waals surface area (Å²) in [5.74, 6) is 1.32. The summed E-state index contributed by atoms with van der Waals surface area (Å²) in [4.78, 5) is 0. The minimum Gasteiger partial charge on any atom is -0.508 e. The zero-order valence-corrected chi connectivity index (χ0v) is 12.3. The lowest BCUT2D eigenvalue weighted by Gasteiger charge is -2.18. The summed E-state index contributed by atoms with van der Waals surface area (Å²) < 4.78 is 0. The number of aromatic hydroxyl groups is 1. The zero-order valence-electron chi connectivity index (χ0n) is 12.3. The van der Waals surface area contributed by atoms with Crippen LogP contribution in [0.25, 0.3) is 10.8 Å². The molecule has 0 aliphatic heterocycles. The molecule has 1 N–H and O–H groups in total. The Bertz CT molecular complexity index is 652. The van der Waals surface area contributed by atoms with Gasteiger partial charge in [0, 0.05) is 5.92 Å². The summed E-state index contributed by atoms with van der Waals surface area (Å²) in [7, 11) is 0. The molecule has 3 rings (SSSR count). The van der Waals surface area contributed by atoms with Crippen LogP contribution >= 0.6 is 0 Å². The van der Waals surface area contributed by atoms with Crippen molar-refractivity contribution >= 4 is 10.8 Å². The van der Waals surface area contributed by atoms with E-state index in [4.69, 9.17) is 0 Å². The number of hydrogen-bond donors (Lipinski definition) is 1. The van der Waals surface area contributed by atoms with Gasteiger partial charge in [-0.05, 0) is 59.2 Å². The molecule has 0 spiro atoms. The summed E-state index contributed by atoms with van der Waals surface area (Å²) in [5, 5.41) is 12.4. The third kappa shape index (κ3) is 2.45. The second-order valence-electron chi connectivity index (χ2n) is 6.14. The van der Waals surface area contributed by atoms with E-state index in [9.17, 15) is 5.11 Å². The van der Waals surface area contributed by atoms with Crippen molar-refractivity contribution in [1.29, 1.82) is 0 Å². The Labute approximate surface area is 120 Å². The normalized spacial score (nSPS) is 18.9. The molecule has 1 atom stereocenters. The Kier molecular flexibility index (Phi) is 3.52. The van der Waals surface area contributed by atoms with Crippen molar-refractivity contribution < 1.29 is 5.11 Å². The molecule has 0 bridgehead atoms. The van der Waals surface area contributed by atoms with Crippen molar-refractivity contribution in [3.8, 4) is 5.75 Å². The van der Waals surface area contributed by atoms with Gasteiger partial charge in [-0.25, -0.2) is 0 Å². The molecule has 2 aromatic carbocycles. The summed E-state index contributed by atoms with van der Waals surface area (Å²) in [5.41, 5.74) is 2.43. The number of rotatable bonds is 2. The quantitative estimate of drug-likeness (QED) is 0.712. The smallest absolute Gasteiger partial charge is 0.119 e. The van der Waals surface area contributed by atoms with Gasteiger partial charge in [-0.3, -0.25) is 0 Å². The molecular formula is C19H22O. The number of phenols is 1. The number of hydrogen-bond acceptors (Lipinski definition) is 1. The summed E-state index contributed by atoms with van der Waals surface area (Å²) in [6, 6.07) is 10.7. The Morgan fingerprint density at radius 1 is 1.10 bits per heavy atom. The number of fused-ring (bicyclic) bond motifs is 1. The van der Waals surface area contributed by atoms with Crippen LogP contribution in [-0.2, 0) is 0 Å². The topological polar surface area (TPSA) is 20.2 Å². The van der Waals surface area contributed by atoms with Crippen LogP contribution in [0.3, 0.4) is 0 Å². The van der Waals surface area contributed by atoms with Crippen LogP contribution in [0, 0.1) is 0 Å². The first-order chi connectivity index (χ1) is 9.65. The fourth-order valence-corrected chi connectivity index (χ4v) is 3.10. The molecule has 1 aliphatic rings. The molecule has 0 amide bonds. The van der Waals surface area contributed by atoms with E-state index in [1.165, 1.54) is 30.2 Å². The first kappa shape index (κ1) is 13.2. The van der Waals surface area contributed by atoms with Crippen molar-refractivity contribution in [2.24, 2.45) is 0 Å². The van der Waals surface area contributed by atoms with Crippen molar-refractivity contribution in [3.63, 3.8) is 0 Å². The lowest BCUT2D eigenvalue weighted by molar-refractivity contribution is 0.466. The molecule has 0 aromatic heterocycles. The van der Waals surface area contributed by atoms with Gasteiger partial charge in [-0.15, -0.1) is 0 Å². The van der Waals surface area contributed by atoms with Gasteiger partial charge in [0.25, 0.3) is 0 Å². The van der Waals surface area contributed by atoms with E-state index in [1.807, 2.05) is 6.07 Å². The van der Waals surface area contributed by atoms with E-state index in [0.29, 0.717) is 17.6 Å². The molecule has 1 heteroatoms. The van der Waals surface area contributed by atoms with Crippen LogP contribution in [0.5, 0.6) is 5.75 Å². The van der Waals surface area contributed by atoms with Crippen LogP contribution in [0.4, 0.5) is 0 Å². The second kappa shape index (κ2) is 5.32. The van der Waals surface area contributed by atoms with E-state index in [1.54, 1.807) is 0 Å². The zero-order chi connectivity index (χ0) is 14.1. The molecule has 104 valence electrons. The maximum Gasteiger partial charge on any atom is 0.119 e. The molecule has 1 unspecified atom stereocenters. The van der Waals surface area contributed by atoms with Gasteiger partial charge in [0.05, 0.1) is 0 Å². The largest absolute Gasteiger partial charge is 0.508 e. The highest BCUT2D eigenvalue weighted by molar-refractivity contribution is 5.86. The fourth-order valence-electron chi connectivity index (χ4n) is 3.10. The lowest BCUT2D eigenvalue weighted by Crippen LogP contribution is -1.99. The fraction of sp³-hybridized carbons (Fsp3) is 0.368. The minimum absolute atomic E-state index is 0.345. The Morgan fingerprint density at radius 2 is 1.95 bits per heavy atom. The van der Waals surface area contributed by atoms with Gasteiger partial charge in [0.1, 0.15) is 5.75 Å². The number of allylic oxidation sites excluding steroid dienone is 2. The second-order valence-corrected chi connectivity index (χ2v) is 6.14.